The summed E-state index contributed by atoms with van der Waals surface area (Å²) in [6.45, 7) is 2.77. The first-order valence-electron chi connectivity index (χ1n) is 6.81. The van der Waals surface area contributed by atoms with Gasteiger partial charge in [0, 0.05) is 16.4 Å². The van der Waals surface area contributed by atoms with Crippen LogP contribution in [0.1, 0.15) is 44.3 Å². The highest BCUT2D eigenvalue weighted by atomic mass is 79.9. The third-order valence-electron chi connectivity index (χ3n) is 4.37. The van der Waals surface area contributed by atoms with Gasteiger partial charge in [-0.1, -0.05) is 37.4 Å². The second kappa shape index (κ2) is 6.13. The van der Waals surface area contributed by atoms with Crippen LogP contribution < -0.4 is 5.73 Å². The number of rotatable bonds is 3. The van der Waals surface area contributed by atoms with Crippen molar-refractivity contribution in [2.24, 2.45) is 17.1 Å². The van der Waals surface area contributed by atoms with Crippen molar-refractivity contribution in [3.8, 4) is 0 Å². The number of aliphatic hydroxyl groups is 1. The van der Waals surface area contributed by atoms with E-state index in [4.69, 9.17) is 17.3 Å². The molecule has 3 N–H and O–H groups in total. The highest BCUT2D eigenvalue weighted by molar-refractivity contribution is 9.10. The van der Waals surface area contributed by atoms with Crippen LogP contribution in [0.15, 0.2) is 22.7 Å². The molecule has 2 nitrogen and oxygen atoms in total. The molecule has 4 heteroatoms. The smallest absolute Gasteiger partial charge is 0.0858 e. The highest BCUT2D eigenvalue weighted by Crippen LogP contribution is 2.47. The molecule has 1 aromatic carbocycles. The van der Waals surface area contributed by atoms with Crippen molar-refractivity contribution in [3.63, 3.8) is 0 Å². The Labute approximate surface area is 128 Å². The first-order chi connectivity index (χ1) is 8.98. The van der Waals surface area contributed by atoms with Gasteiger partial charge in [0.15, 0.2) is 0 Å². The largest absolute Gasteiger partial charge is 0.388 e. The second-order valence-electron chi connectivity index (χ2n) is 5.84. The van der Waals surface area contributed by atoms with Gasteiger partial charge >= 0.3 is 0 Å². The summed E-state index contributed by atoms with van der Waals surface area (Å²) in [6.07, 6.45) is 3.84. The van der Waals surface area contributed by atoms with Gasteiger partial charge in [0.1, 0.15) is 0 Å². The van der Waals surface area contributed by atoms with Crippen molar-refractivity contribution >= 4 is 27.5 Å². The molecule has 106 valence electrons. The first-order valence-corrected chi connectivity index (χ1v) is 7.99. The number of hydrogen-bond donors (Lipinski definition) is 2. The molecule has 1 saturated carbocycles. The van der Waals surface area contributed by atoms with E-state index in [1.165, 1.54) is 6.42 Å². The van der Waals surface area contributed by atoms with E-state index < -0.39 is 6.10 Å². The summed E-state index contributed by atoms with van der Waals surface area (Å²) in [5, 5.41) is 11.4. The molecular weight excluding hydrogens is 326 g/mol. The average molecular weight is 347 g/mol. The minimum atomic E-state index is -0.520. The Morgan fingerprint density at radius 1 is 1.58 bits per heavy atom. The Hall–Kier alpha value is -0.0900. The van der Waals surface area contributed by atoms with Crippen LogP contribution in [0.2, 0.25) is 5.02 Å². The van der Waals surface area contributed by atoms with Crippen molar-refractivity contribution in [3.05, 3.63) is 33.3 Å². The van der Waals surface area contributed by atoms with Crippen molar-refractivity contribution < 1.29 is 5.11 Å². The summed E-state index contributed by atoms with van der Waals surface area (Å²) in [5.74, 6) is 0.627. The van der Waals surface area contributed by atoms with Gasteiger partial charge in [0.2, 0.25) is 0 Å². The maximum absolute atomic E-state index is 10.8. The first kappa shape index (κ1) is 15.3. The van der Waals surface area contributed by atoms with E-state index >= 15 is 0 Å². The lowest BCUT2D eigenvalue weighted by atomic mass is 9.65. The summed E-state index contributed by atoms with van der Waals surface area (Å²) in [7, 11) is 0. The van der Waals surface area contributed by atoms with Crippen molar-refractivity contribution in [2.75, 3.05) is 6.54 Å². The van der Waals surface area contributed by atoms with Crippen LogP contribution in [0.25, 0.3) is 0 Å². The quantitative estimate of drug-likeness (QED) is 0.857. The van der Waals surface area contributed by atoms with E-state index in [0.29, 0.717) is 17.5 Å². The van der Waals surface area contributed by atoms with Gasteiger partial charge in [-0.25, -0.2) is 0 Å². The van der Waals surface area contributed by atoms with Crippen LogP contribution in [0, 0.1) is 11.3 Å². The van der Waals surface area contributed by atoms with Crippen LogP contribution in [0.4, 0.5) is 0 Å². The lowest BCUT2D eigenvalue weighted by Gasteiger charge is -2.43. The zero-order valence-electron chi connectivity index (χ0n) is 11.2. The molecular formula is C15H21BrClNO. The summed E-state index contributed by atoms with van der Waals surface area (Å²) in [6, 6.07) is 5.62. The topological polar surface area (TPSA) is 46.2 Å². The molecule has 0 aromatic heterocycles. The van der Waals surface area contributed by atoms with Gasteiger partial charge < -0.3 is 10.8 Å². The lowest BCUT2D eigenvalue weighted by Crippen LogP contribution is -2.40. The van der Waals surface area contributed by atoms with Crippen molar-refractivity contribution in [1.29, 1.82) is 0 Å². The van der Waals surface area contributed by atoms with Crippen LogP contribution >= 0.6 is 27.5 Å². The molecule has 1 aliphatic carbocycles. The van der Waals surface area contributed by atoms with E-state index in [2.05, 4.69) is 22.9 Å². The van der Waals surface area contributed by atoms with Crippen LogP contribution in [-0.4, -0.2) is 11.7 Å². The zero-order valence-corrected chi connectivity index (χ0v) is 13.5. The zero-order chi connectivity index (χ0) is 14.0. The molecule has 0 saturated heterocycles. The van der Waals surface area contributed by atoms with Gasteiger partial charge in [-0.15, -0.1) is 0 Å². The molecule has 1 aromatic rings. The Morgan fingerprint density at radius 3 is 2.89 bits per heavy atom. The summed E-state index contributed by atoms with van der Waals surface area (Å²) < 4.78 is 0.821. The fourth-order valence-corrected chi connectivity index (χ4v) is 3.80. The Balaban J connectivity index is 2.29. The Morgan fingerprint density at radius 2 is 2.32 bits per heavy atom. The molecule has 1 aliphatic rings. The minimum Gasteiger partial charge on any atom is -0.388 e. The predicted octanol–water partition coefficient (Wildman–Crippen LogP) is 4.29. The standard InChI is InChI=1S/C15H21BrClNO/c1-10-3-2-6-15(8-10,9-18)14(19)11-4-5-13(17)12(16)7-11/h4-5,7,10,14,19H,2-3,6,8-9,18H2,1H3. The molecule has 0 radical (unpaired) electrons. The van der Waals surface area contributed by atoms with Gasteiger partial charge in [-0.3, -0.25) is 0 Å². The third-order valence-corrected chi connectivity index (χ3v) is 5.59. The third kappa shape index (κ3) is 3.15. The maximum Gasteiger partial charge on any atom is 0.0858 e. The molecule has 0 amide bonds. The molecule has 0 aliphatic heterocycles. The van der Waals surface area contributed by atoms with Crippen LogP contribution in [0.3, 0.4) is 0 Å². The highest BCUT2D eigenvalue weighted by Gasteiger charge is 2.40. The molecule has 0 spiro atoms. The van der Waals surface area contributed by atoms with Gasteiger partial charge in [-0.2, -0.15) is 0 Å². The molecule has 1 fully saturated rings. The number of halogens is 2. The normalized spacial score (nSPS) is 29.2. The van der Waals surface area contributed by atoms with Gasteiger partial charge in [-0.05, 0) is 52.4 Å². The summed E-state index contributed by atoms with van der Waals surface area (Å²) >= 11 is 9.43. The van der Waals surface area contributed by atoms with E-state index in [0.717, 1.165) is 29.3 Å². The minimum absolute atomic E-state index is 0.190. The van der Waals surface area contributed by atoms with E-state index in [1.54, 1.807) is 0 Å². The molecule has 0 bridgehead atoms. The molecule has 0 heterocycles. The van der Waals surface area contributed by atoms with E-state index in [9.17, 15) is 5.11 Å². The lowest BCUT2D eigenvalue weighted by molar-refractivity contribution is -0.0131. The Bertz CT molecular complexity index is 454. The summed E-state index contributed by atoms with van der Waals surface area (Å²) in [4.78, 5) is 0. The van der Waals surface area contributed by atoms with Gasteiger partial charge in [0.25, 0.3) is 0 Å². The maximum atomic E-state index is 10.8. The number of nitrogens with two attached hydrogens (primary N) is 1. The molecule has 2 rings (SSSR count). The molecule has 19 heavy (non-hydrogen) atoms. The van der Waals surface area contributed by atoms with Crippen LogP contribution in [0.5, 0.6) is 0 Å². The van der Waals surface area contributed by atoms with Crippen molar-refractivity contribution in [2.45, 2.75) is 38.7 Å². The SMILES string of the molecule is CC1CCCC(CN)(C(O)c2ccc(Cl)c(Br)c2)C1. The fraction of sp³-hybridized carbons (Fsp3) is 0.600. The van der Waals surface area contributed by atoms with Gasteiger partial charge in [0.05, 0.1) is 11.1 Å². The average Bonchev–Trinajstić information content (AvgIpc) is 2.41. The Kier molecular flexibility index (Phi) is 4.93. The number of hydrogen-bond acceptors (Lipinski definition) is 2. The predicted molar refractivity (Wildman–Crippen MR) is 83.2 cm³/mol. The monoisotopic (exact) mass is 345 g/mol. The number of benzene rings is 1. The van der Waals surface area contributed by atoms with E-state index in [1.807, 2.05) is 18.2 Å². The molecule has 3 unspecified atom stereocenters. The van der Waals surface area contributed by atoms with Crippen molar-refractivity contribution in [1.82, 2.24) is 0 Å². The second-order valence-corrected chi connectivity index (χ2v) is 7.11. The fourth-order valence-electron chi connectivity index (χ4n) is 3.28. The molecule has 3 atom stereocenters. The van der Waals surface area contributed by atoms with Crippen LogP contribution in [-0.2, 0) is 0 Å². The summed E-state index contributed by atoms with van der Waals surface area (Å²) in [5.41, 5.74) is 6.72. The van der Waals surface area contributed by atoms with E-state index in [-0.39, 0.29) is 5.41 Å². The number of aliphatic hydroxyl groups excluding tert-OH is 1.